The van der Waals surface area contributed by atoms with E-state index in [0.717, 1.165) is 6.54 Å². The minimum absolute atomic E-state index is 0.453. The van der Waals surface area contributed by atoms with Gasteiger partial charge in [0, 0.05) is 12.6 Å². The Morgan fingerprint density at radius 1 is 1.07 bits per heavy atom. The van der Waals surface area contributed by atoms with Crippen molar-refractivity contribution in [2.45, 2.75) is 64.3 Å². The third-order valence-electron chi connectivity index (χ3n) is 3.39. The molecule has 1 rings (SSSR count). The fraction of sp³-hybridized carbons (Fsp3) is 1.00. The number of hydrogen-bond donors (Lipinski definition) is 1. The first-order valence-electron chi connectivity index (χ1n) is 6.81. The fourth-order valence-electron chi connectivity index (χ4n) is 2.36. The van der Waals surface area contributed by atoms with E-state index in [0.29, 0.717) is 6.04 Å². The van der Waals surface area contributed by atoms with Crippen molar-refractivity contribution in [2.24, 2.45) is 5.73 Å². The minimum Gasteiger partial charge on any atom is -0.326 e. The smallest absolute Gasteiger partial charge is 0.0180 e. The van der Waals surface area contributed by atoms with Gasteiger partial charge in [-0.25, -0.2) is 0 Å². The van der Waals surface area contributed by atoms with Crippen molar-refractivity contribution in [3.05, 3.63) is 0 Å². The topological polar surface area (TPSA) is 29.3 Å². The molecule has 0 bridgehead atoms. The van der Waals surface area contributed by atoms with Gasteiger partial charge < -0.3 is 10.6 Å². The number of likely N-dealkylation sites (tertiary alicyclic amines) is 1. The van der Waals surface area contributed by atoms with Gasteiger partial charge in [-0.15, -0.1) is 0 Å². The van der Waals surface area contributed by atoms with Gasteiger partial charge >= 0.3 is 0 Å². The van der Waals surface area contributed by atoms with E-state index in [1.165, 1.54) is 64.5 Å². The average Bonchev–Trinajstić information content (AvgIpc) is 2.63. The zero-order chi connectivity index (χ0) is 10.9. The number of unbranched alkanes of at least 4 members (excludes halogenated alkanes) is 6. The van der Waals surface area contributed by atoms with Crippen LogP contribution in [0.2, 0.25) is 0 Å². The fourth-order valence-corrected chi connectivity index (χ4v) is 2.36. The Labute approximate surface area is 95.2 Å². The van der Waals surface area contributed by atoms with Gasteiger partial charge in [0.2, 0.25) is 0 Å². The zero-order valence-corrected chi connectivity index (χ0v) is 10.4. The van der Waals surface area contributed by atoms with Crippen LogP contribution < -0.4 is 5.73 Å². The van der Waals surface area contributed by atoms with Crippen LogP contribution in [0.3, 0.4) is 0 Å². The lowest BCUT2D eigenvalue weighted by atomic mass is 10.1. The van der Waals surface area contributed by atoms with Gasteiger partial charge in [-0.3, -0.25) is 0 Å². The second kappa shape index (κ2) is 8.12. The molecule has 1 heterocycles. The van der Waals surface area contributed by atoms with Crippen molar-refractivity contribution in [2.75, 3.05) is 19.6 Å². The van der Waals surface area contributed by atoms with Crippen LogP contribution >= 0.6 is 0 Å². The summed E-state index contributed by atoms with van der Waals surface area (Å²) in [4.78, 5) is 2.52. The highest BCUT2D eigenvalue weighted by Gasteiger charge is 2.17. The van der Waals surface area contributed by atoms with E-state index in [1.54, 1.807) is 0 Å². The lowest BCUT2D eigenvalue weighted by Crippen LogP contribution is -2.27. The summed E-state index contributed by atoms with van der Waals surface area (Å²) in [7, 11) is 0. The molecule has 2 nitrogen and oxygen atoms in total. The molecule has 0 aromatic heterocycles. The van der Waals surface area contributed by atoms with Crippen LogP contribution in [0.1, 0.15) is 58.3 Å². The summed E-state index contributed by atoms with van der Waals surface area (Å²) in [6.45, 7) is 5.92. The summed E-state index contributed by atoms with van der Waals surface area (Å²) in [5, 5.41) is 0. The van der Waals surface area contributed by atoms with Crippen molar-refractivity contribution < 1.29 is 0 Å². The highest BCUT2D eigenvalue weighted by Crippen LogP contribution is 2.10. The van der Waals surface area contributed by atoms with E-state index in [1.807, 2.05) is 0 Å². The van der Waals surface area contributed by atoms with Crippen molar-refractivity contribution in [3.63, 3.8) is 0 Å². The standard InChI is InChI=1S/C13H28N2/c1-2-3-4-5-6-7-8-10-15-11-9-13(14)12-15/h13H,2-12,14H2,1H3/t13-/m1/s1. The third kappa shape index (κ3) is 6.16. The van der Waals surface area contributed by atoms with E-state index in [2.05, 4.69) is 11.8 Å². The summed E-state index contributed by atoms with van der Waals surface area (Å²) < 4.78 is 0. The zero-order valence-electron chi connectivity index (χ0n) is 10.4. The van der Waals surface area contributed by atoms with Crippen molar-refractivity contribution in [1.82, 2.24) is 4.90 Å². The average molecular weight is 212 g/mol. The van der Waals surface area contributed by atoms with Gasteiger partial charge in [0.25, 0.3) is 0 Å². The molecule has 2 heteroatoms. The maximum absolute atomic E-state index is 5.87. The van der Waals surface area contributed by atoms with Crippen LogP contribution in [0.4, 0.5) is 0 Å². The molecule has 1 saturated heterocycles. The van der Waals surface area contributed by atoms with Crippen LogP contribution in [0, 0.1) is 0 Å². The van der Waals surface area contributed by atoms with E-state index < -0.39 is 0 Å². The van der Waals surface area contributed by atoms with Crippen molar-refractivity contribution >= 4 is 0 Å². The molecule has 1 aliphatic heterocycles. The molecule has 0 amide bonds. The Morgan fingerprint density at radius 2 is 1.73 bits per heavy atom. The first-order chi connectivity index (χ1) is 7.33. The highest BCUT2D eigenvalue weighted by molar-refractivity contribution is 4.77. The molecule has 0 radical (unpaired) electrons. The van der Waals surface area contributed by atoms with Crippen LogP contribution in [-0.2, 0) is 0 Å². The molecular weight excluding hydrogens is 184 g/mol. The molecule has 0 spiro atoms. The maximum Gasteiger partial charge on any atom is 0.0180 e. The molecule has 90 valence electrons. The van der Waals surface area contributed by atoms with Gasteiger partial charge in [0.1, 0.15) is 0 Å². The van der Waals surface area contributed by atoms with Gasteiger partial charge in [-0.05, 0) is 25.9 Å². The van der Waals surface area contributed by atoms with E-state index in [9.17, 15) is 0 Å². The number of rotatable bonds is 8. The predicted octanol–water partition coefficient (Wildman–Crippen LogP) is 2.77. The van der Waals surface area contributed by atoms with Gasteiger partial charge in [0.05, 0.1) is 0 Å². The first kappa shape index (κ1) is 13.0. The number of nitrogens with zero attached hydrogens (tertiary/aromatic N) is 1. The van der Waals surface area contributed by atoms with Crippen molar-refractivity contribution in [1.29, 1.82) is 0 Å². The van der Waals surface area contributed by atoms with Gasteiger partial charge in [-0.1, -0.05) is 45.4 Å². The molecule has 15 heavy (non-hydrogen) atoms. The van der Waals surface area contributed by atoms with Crippen LogP contribution in [-0.4, -0.2) is 30.6 Å². The number of hydrogen-bond acceptors (Lipinski definition) is 2. The monoisotopic (exact) mass is 212 g/mol. The third-order valence-corrected chi connectivity index (χ3v) is 3.39. The second-order valence-electron chi connectivity index (χ2n) is 4.97. The second-order valence-corrected chi connectivity index (χ2v) is 4.97. The summed E-state index contributed by atoms with van der Waals surface area (Å²) in [5.41, 5.74) is 5.87. The van der Waals surface area contributed by atoms with E-state index in [4.69, 9.17) is 5.73 Å². The van der Waals surface area contributed by atoms with Gasteiger partial charge in [0.15, 0.2) is 0 Å². The molecule has 0 aromatic carbocycles. The molecule has 0 saturated carbocycles. The van der Waals surface area contributed by atoms with Gasteiger partial charge in [-0.2, -0.15) is 0 Å². The summed E-state index contributed by atoms with van der Waals surface area (Å²) in [6, 6.07) is 0.453. The summed E-state index contributed by atoms with van der Waals surface area (Å²) in [6.07, 6.45) is 11.1. The molecule has 0 aromatic rings. The Balaban J connectivity index is 1.81. The molecule has 1 atom stereocenters. The molecule has 0 aliphatic carbocycles. The highest BCUT2D eigenvalue weighted by atomic mass is 15.2. The van der Waals surface area contributed by atoms with Crippen LogP contribution in [0.15, 0.2) is 0 Å². The quantitative estimate of drug-likeness (QED) is 0.627. The number of nitrogens with two attached hydrogens (primary N) is 1. The largest absolute Gasteiger partial charge is 0.326 e. The predicted molar refractivity (Wildman–Crippen MR) is 67.0 cm³/mol. The van der Waals surface area contributed by atoms with Crippen molar-refractivity contribution in [3.8, 4) is 0 Å². The van der Waals surface area contributed by atoms with Crippen LogP contribution in [0.25, 0.3) is 0 Å². The molecule has 1 fully saturated rings. The lowest BCUT2D eigenvalue weighted by Gasteiger charge is -2.14. The molecule has 2 N–H and O–H groups in total. The Kier molecular flexibility index (Phi) is 7.03. The minimum atomic E-state index is 0.453. The SMILES string of the molecule is CCCCCCCCCN1CC[C@@H](N)C1. The summed E-state index contributed by atoms with van der Waals surface area (Å²) in [5.74, 6) is 0. The maximum atomic E-state index is 5.87. The summed E-state index contributed by atoms with van der Waals surface area (Å²) >= 11 is 0. The Bertz CT molecular complexity index is 147. The normalized spacial score (nSPS) is 22.4. The van der Waals surface area contributed by atoms with E-state index in [-0.39, 0.29) is 0 Å². The molecule has 1 aliphatic rings. The Morgan fingerprint density at radius 3 is 2.33 bits per heavy atom. The Hall–Kier alpha value is -0.0800. The van der Waals surface area contributed by atoms with E-state index >= 15 is 0 Å². The van der Waals surface area contributed by atoms with Crippen LogP contribution in [0.5, 0.6) is 0 Å². The molecule has 0 unspecified atom stereocenters. The molecular formula is C13H28N2. The first-order valence-corrected chi connectivity index (χ1v) is 6.81. The lowest BCUT2D eigenvalue weighted by molar-refractivity contribution is 0.323.